The van der Waals surface area contributed by atoms with Crippen molar-refractivity contribution in [3.8, 4) is 0 Å². The Morgan fingerprint density at radius 2 is 1.80 bits per heavy atom. The molecule has 1 aliphatic carbocycles. The van der Waals surface area contributed by atoms with Gasteiger partial charge in [0.15, 0.2) is 6.35 Å². The highest BCUT2D eigenvalue weighted by atomic mass is 16.5. The summed E-state index contributed by atoms with van der Waals surface area (Å²) in [6, 6.07) is 0.511. The topological polar surface area (TPSA) is 44.7 Å². The van der Waals surface area contributed by atoms with Crippen molar-refractivity contribution in [3.05, 3.63) is 0 Å². The number of nitrogens with zero attached hydrogens (tertiary/aromatic N) is 1. The van der Waals surface area contributed by atoms with E-state index in [2.05, 4.69) is 10.2 Å². The quantitative estimate of drug-likeness (QED) is 0.672. The number of aliphatic hydroxyl groups excluding tert-OH is 1. The molecule has 2 aliphatic rings. The summed E-state index contributed by atoms with van der Waals surface area (Å²) in [6.45, 7) is 3.15. The van der Waals surface area contributed by atoms with Gasteiger partial charge in [-0.15, -0.1) is 0 Å². The molecule has 0 bridgehead atoms. The predicted molar refractivity (Wildman–Crippen MR) is 58.4 cm³/mol. The average molecular weight is 214 g/mol. The highest BCUT2D eigenvalue weighted by Crippen LogP contribution is 2.18. The Labute approximate surface area is 91.6 Å². The molecular weight excluding hydrogens is 192 g/mol. The molecular formula is C11H22N2O2. The van der Waals surface area contributed by atoms with Crippen molar-refractivity contribution in [3.63, 3.8) is 0 Å². The van der Waals surface area contributed by atoms with Gasteiger partial charge in [-0.2, -0.15) is 0 Å². The lowest BCUT2D eigenvalue weighted by Crippen LogP contribution is -2.53. The van der Waals surface area contributed by atoms with Gasteiger partial charge < -0.3 is 9.84 Å². The lowest BCUT2D eigenvalue weighted by molar-refractivity contribution is -0.0806. The van der Waals surface area contributed by atoms with E-state index < -0.39 is 6.35 Å². The van der Waals surface area contributed by atoms with Crippen molar-refractivity contribution in [2.45, 2.75) is 44.5 Å². The molecule has 0 aromatic carbocycles. The lowest BCUT2D eigenvalue weighted by atomic mass is 9.96. The van der Waals surface area contributed by atoms with E-state index in [0.717, 1.165) is 26.3 Å². The Balaban J connectivity index is 1.72. The Bertz CT molecular complexity index is 177. The molecule has 1 saturated carbocycles. The minimum absolute atomic E-state index is 0.475. The molecule has 4 heteroatoms. The minimum atomic E-state index is -0.475. The molecule has 1 atom stereocenters. The fourth-order valence-electron chi connectivity index (χ4n) is 2.41. The fraction of sp³-hybridized carbons (Fsp3) is 1.00. The summed E-state index contributed by atoms with van der Waals surface area (Å²) in [5.74, 6) is 0. The molecule has 0 aromatic rings. The summed E-state index contributed by atoms with van der Waals surface area (Å²) < 4.78 is 5.26. The van der Waals surface area contributed by atoms with Crippen LogP contribution in [-0.4, -0.2) is 48.7 Å². The van der Waals surface area contributed by atoms with Gasteiger partial charge in [0.05, 0.1) is 13.2 Å². The van der Waals surface area contributed by atoms with Crippen molar-refractivity contribution in [1.82, 2.24) is 10.2 Å². The molecule has 15 heavy (non-hydrogen) atoms. The van der Waals surface area contributed by atoms with E-state index in [1.165, 1.54) is 32.1 Å². The lowest BCUT2D eigenvalue weighted by Gasteiger charge is -2.34. The average Bonchev–Trinajstić information content (AvgIpc) is 2.31. The smallest absolute Gasteiger partial charge is 0.163 e. The van der Waals surface area contributed by atoms with Crippen LogP contribution in [-0.2, 0) is 4.74 Å². The van der Waals surface area contributed by atoms with Crippen LogP contribution in [0.3, 0.4) is 0 Å². The highest BCUT2D eigenvalue weighted by Gasteiger charge is 2.22. The number of hydrogen-bond donors (Lipinski definition) is 2. The molecule has 0 radical (unpaired) electrons. The third kappa shape index (κ3) is 3.41. The summed E-state index contributed by atoms with van der Waals surface area (Å²) >= 11 is 0. The van der Waals surface area contributed by atoms with Crippen LogP contribution in [0.4, 0.5) is 0 Å². The van der Waals surface area contributed by atoms with Crippen molar-refractivity contribution in [2.75, 3.05) is 26.3 Å². The zero-order chi connectivity index (χ0) is 10.5. The third-order valence-corrected chi connectivity index (χ3v) is 3.38. The van der Waals surface area contributed by atoms with Crippen molar-refractivity contribution in [1.29, 1.82) is 0 Å². The SMILES string of the molecule is OC(NC1CCCCC1)N1CCOCC1. The standard InChI is InChI=1S/C11H22N2O2/c14-11(13-6-8-15-9-7-13)12-10-4-2-1-3-5-10/h10-12,14H,1-9H2. The van der Waals surface area contributed by atoms with E-state index in [9.17, 15) is 5.11 Å². The van der Waals surface area contributed by atoms with Gasteiger partial charge in [-0.3, -0.25) is 10.2 Å². The molecule has 88 valence electrons. The van der Waals surface area contributed by atoms with Gasteiger partial charge in [0.1, 0.15) is 0 Å². The molecule has 2 rings (SSSR count). The van der Waals surface area contributed by atoms with Crippen LogP contribution in [0.1, 0.15) is 32.1 Å². The molecule has 1 aliphatic heterocycles. The van der Waals surface area contributed by atoms with E-state index in [0.29, 0.717) is 6.04 Å². The van der Waals surface area contributed by atoms with Crippen LogP contribution in [0, 0.1) is 0 Å². The first kappa shape index (κ1) is 11.3. The van der Waals surface area contributed by atoms with E-state index in [4.69, 9.17) is 4.74 Å². The highest BCUT2D eigenvalue weighted by molar-refractivity contribution is 4.74. The predicted octanol–water partition coefficient (Wildman–Crippen LogP) is 0.517. The van der Waals surface area contributed by atoms with Crippen LogP contribution >= 0.6 is 0 Å². The van der Waals surface area contributed by atoms with E-state index in [-0.39, 0.29) is 0 Å². The maximum absolute atomic E-state index is 9.99. The van der Waals surface area contributed by atoms with Gasteiger partial charge in [0.25, 0.3) is 0 Å². The first-order valence-corrected chi connectivity index (χ1v) is 6.12. The maximum Gasteiger partial charge on any atom is 0.163 e. The van der Waals surface area contributed by atoms with E-state index in [1.807, 2.05) is 0 Å². The summed E-state index contributed by atoms with van der Waals surface area (Å²) in [5, 5.41) is 13.3. The number of ether oxygens (including phenoxy) is 1. The number of rotatable bonds is 3. The third-order valence-electron chi connectivity index (χ3n) is 3.38. The van der Waals surface area contributed by atoms with Crippen LogP contribution in [0.5, 0.6) is 0 Å². The second kappa shape index (κ2) is 5.80. The second-order valence-corrected chi connectivity index (χ2v) is 4.52. The number of nitrogens with one attached hydrogen (secondary N) is 1. The summed E-state index contributed by atoms with van der Waals surface area (Å²) in [4.78, 5) is 2.05. The van der Waals surface area contributed by atoms with E-state index in [1.54, 1.807) is 0 Å². The van der Waals surface area contributed by atoms with Crippen molar-refractivity contribution in [2.24, 2.45) is 0 Å². The Hall–Kier alpha value is -0.160. The van der Waals surface area contributed by atoms with Gasteiger partial charge >= 0.3 is 0 Å². The molecule has 1 heterocycles. The van der Waals surface area contributed by atoms with Crippen molar-refractivity contribution < 1.29 is 9.84 Å². The Kier molecular flexibility index (Phi) is 4.38. The van der Waals surface area contributed by atoms with Crippen molar-refractivity contribution >= 4 is 0 Å². The molecule has 2 fully saturated rings. The minimum Gasteiger partial charge on any atom is -0.379 e. The molecule has 2 N–H and O–H groups in total. The summed E-state index contributed by atoms with van der Waals surface area (Å²) in [5.41, 5.74) is 0. The zero-order valence-electron chi connectivity index (χ0n) is 9.32. The van der Waals surface area contributed by atoms with Crippen LogP contribution in [0.25, 0.3) is 0 Å². The Morgan fingerprint density at radius 1 is 1.13 bits per heavy atom. The number of hydrogen-bond acceptors (Lipinski definition) is 4. The van der Waals surface area contributed by atoms with E-state index >= 15 is 0 Å². The number of aliphatic hydroxyl groups is 1. The van der Waals surface area contributed by atoms with Crippen LogP contribution in [0.15, 0.2) is 0 Å². The molecule has 4 nitrogen and oxygen atoms in total. The van der Waals surface area contributed by atoms with Gasteiger partial charge in [-0.1, -0.05) is 19.3 Å². The van der Waals surface area contributed by atoms with Gasteiger partial charge in [-0.05, 0) is 12.8 Å². The number of morpholine rings is 1. The summed E-state index contributed by atoms with van der Waals surface area (Å²) in [6.07, 6.45) is 5.90. The van der Waals surface area contributed by atoms with Gasteiger partial charge in [-0.25, -0.2) is 0 Å². The van der Waals surface area contributed by atoms with Crippen LogP contribution in [0.2, 0.25) is 0 Å². The monoisotopic (exact) mass is 214 g/mol. The molecule has 0 amide bonds. The first-order chi connectivity index (χ1) is 7.36. The molecule has 1 saturated heterocycles. The van der Waals surface area contributed by atoms with Crippen LogP contribution < -0.4 is 5.32 Å². The fourth-order valence-corrected chi connectivity index (χ4v) is 2.41. The van der Waals surface area contributed by atoms with Gasteiger partial charge in [0.2, 0.25) is 0 Å². The Morgan fingerprint density at radius 3 is 2.47 bits per heavy atom. The molecule has 1 unspecified atom stereocenters. The maximum atomic E-state index is 9.99. The molecule has 0 aromatic heterocycles. The molecule has 0 spiro atoms. The normalized spacial score (nSPS) is 27.8. The van der Waals surface area contributed by atoms with Gasteiger partial charge in [0, 0.05) is 19.1 Å². The first-order valence-electron chi connectivity index (χ1n) is 6.12. The largest absolute Gasteiger partial charge is 0.379 e. The summed E-state index contributed by atoms with van der Waals surface area (Å²) in [7, 11) is 0. The zero-order valence-corrected chi connectivity index (χ0v) is 9.32. The second-order valence-electron chi connectivity index (χ2n) is 4.52.